The normalized spacial score (nSPS) is 17.0. The molecule has 2 amide bonds. The van der Waals surface area contributed by atoms with Crippen molar-refractivity contribution in [3.05, 3.63) is 46.0 Å². The summed E-state index contributed by atoms with van der Waals surface area (Å²) in [7, 11) is 0. The fourth-order valence-electron chi connectivity index (χ4n) is 2.80. The van der Waals surface area contributed by atoms with Crippen LogP contribution in [0.1, 0.15) is 12.2 Å². The number of likely N-dealkylation sites (tertiary alicyclic amines) is 1. The number of thiophene rings is 1. The summed E-state index contributed by atoms with van der Waals surface area (Å²) >= 11 is 8.74. The number of hydrogen-bond donors (Lipinski definition) is 1. The number of anilines is 1. The van der Waals surface area contributed by atoms with Gasteiger partial charge in [-0.05, 0) is 24.3 Å². The molecule has 26 heavy (non-hydrogen) atoms. The van der Waals surface area contributed by atoms with Gasteiger partial charge in [0.1, 0.15) is 5.76 Å². The van der Waals surface area contributed by atoms with Gasteiger partial charge in [-0.2, -0.15) is 0 Å². The first kappa shape index (κ1) is 17.3. The number of halogens is 1. The Morgan fingerprint density at radius 3 is 3.04 bits per heavy atom. The Morgan fingerprint density at radius 1 is 1.42 bits per heavy atom. The van der Waals surface area contributed by atoms with Gasteiger partial charge in [0.25, 0.3) is 0 Å². The lowest BCUT2D eigenvalue weighted by Gasteiger charge is -2.14. The van der Waals surface area contributed by atoms with Gasteiger partial charge in [0, 0.05) is 18.3 Å². The molecule has 0 aromatic carbocycles. The number of hydrogen-bond acceptors (Lipinski definition) is 6. The summed E-state index contributed by atoms with van der Waals surface area (Å²) in [6, 6.07) is 7.31. The zero-order valence-electron chi connectivity index (χ0n) is 13.5. The van der Waals surface area contributed by atoms with Gasteiger partial charge in [0.15, 0.2) is 5.13 Å². The van der Waals surface area contributed by atoms with E-state index < -0.39 is 0 Å². The molecule has 1 unspecified atom stereocenters. The average molecular weight is 408 g/mol. The van der Waals surface area contributed by atoms with Crippen molar-refractivity contribution in [2.24, 2.45) is 5.92 Å². The van der Waals surface area contributed by atoms with Crippen LogP contribution in [-0.4, -0.2) is 28.2 Å². The highest BCUT2D eigenvalue weighted by Crippen LogP contribution is 2.33. The first-order valence-electron chi connectivity index (χ1n) is 7.91. The zero-order valence-corrected chi connectivity index (χ0v) is 15.9. The van der Waals surface area contributed by atoms with Gasteiger partial charge in [-0.3, -0.25) is 9.59 Å². The summed E-state index contributed by atoms with van der Waals surface area (Å²) in [5.74, 6) is 0.0830. The summed E-state index contributed by atoms with van der Waals surface area (Å²) in [4.78, 5) is 31.7. The number of amides is 2. The van der Waals surface area contributed by atoms with Gasteiger partial charge in [0.05, 0.1) is 33.6 Å². The monoisotopic (exact) mass is 407 g/mol. The van der Waals surface area contributed by atoms with E-state index in [0.29, 0.717) is 28.3 Å². The topological polar surface area (TPSA) is 75.4 Å². The van der Waals surface area contributed by atoms with E-state index in [9.17, 15) is 9.59 Å². The maximum absolute atomic E-state index is 12.5. The summed E-state index contributed by atoms with van der Waals surface area (Å²) in [5, 5.41) is 5.21. The molecule has 0 saturated carbocycles. The molecule has 1 N–H and O–H groups in total. The highest BCUT2D eigenvalue weighted by Gasteiger charge is 2.35. The number of carbonyl (C=O) groups is 2. The molecule has 0 aliphatic carbocycles. The van der Waals surface area contributed by atoms with Crippen molar-refractivity contribution < 1.29 is 14.0 Å². The third-order valence-corrected chi connectivity index (χ3v) is 6.08. The second-order valence-corrected chi connectivity index (χ2v) is 8.46. The van der Waals surface area contributed by atoms with Crippen LogP contribution in [0.4, 0.5) is 5.13 Å². The van der Waals surface area contributed by atoms with Crippen LogP contribution in [0, 0.1) is 5.92 Å². The first-order chi connectivity index (χ1) is 12.6. The maximum Gasteiger partial charge on any atom is 0.231 e. The predicted octanol–water partition coefficient (Wildman–Crippen LogP) is 4.11. The van der Waals surface area contributed by atoms with E-state index >= 15 is 0 Å². The Morgan fingerprint density at radius 2 is 2.31 bits per heavy atom. The van der Waals surface area contributed by atoms with Gasteiger partial charge in [-0.1, -0.05) is 11.6 Å². The third kappa shape index (κ3) is 3.67. The van der Waals surface area contributed by atoms with Crippen molar-refractivity contribution in [3.8, 4) is 10.6 Å². The number of aromatic nitrogens is 1. The Balaban J connectivity index is 1.38. The Hall–Kier alpha value is -2.16. The van der Waals surface area contributed by atoms with Crippen molar-refractivity contribution in [2.45, 2.75) is 13.0 Å². The van der Waals surface area contributed by atoms with Crippen LogP contribution in [0.2, 0.25) is 4.34 Å². The number of furan rings is 1. The molecule has 3 aromatic heterocycles. The summed E-state index contributed by atoms with van der Waals surface area (Å²) in [6.07, 6.45) is 1.77. The van der Waals surface area contributed by atoms with Crippen LogP contribution in [0.25, 0.3) is 10.6 Å². The van der Waals surface area contributed by atoms with E-state index in [1.807, 2.05) is 23.6 Å². The predicted molar refractivity (Wildman–Crippen MR) is 101 cm³/mol. The van der Waals surface area contributed by atoms with Crippen molar-refractivity contribution in [2.75, 3.05) is 11.9 Å². The molecule has 1 fully saturated rings. The first-order valence-corrected chi connectivity index (χ1v) is 9.98. The van der Waals surface area contributed by atoms with Gasteiger partial charge in [0.2, 0.25) is 11.8 Å². The van der Waals surface area contributed by atoms with Gasteiger partial charge in [-0.25, -0.2) is 4.98 Å². The minimum atomic E-state index is -0.388. The van der Waals surface area contributed by atoms with Crippen molar-refractivity contribution in [3.63, 3.8) is 0 Å². The molecule has 6 nitrogen and oxygen atoms in total. The molecule has 4 rings (SSSR count). The lowest BCUT2D eigenvalue weighted by atomic mass is 10.1. The molecule has 0 radical (unpaired) electrons. The van der Waals surface area contributed by atoms with Crippen molar-refractivity contribution in [1.29, 1.82) is 0 Å². The standard InChI is InChI=1S/C17H14ClN3O3S2/c18-14-4-3-13(26-14)12-9-25-17(19-12)20-16(23)10-6-15(22)21(7-10)8-11-2-1-5-24-11/h1-5,9-10H,6-8H2,(H,19,20,23). The fourth-order valence-corrected chi connectivity index (χ4v) is 4.59. The minimum absolute atomic E-state index is 0.0467. The number of rotatable bonds is 5. The smallest absolute Gasteiger partial charge is 0.231 e. The van der Waals surface area contributed by atoms with Gasteiger partial charge < -0.3 is 14.6 Å². The van der Waals surface area contributed by atoms with E-state index in [-0.39, 0.29) is 24.2 Å². The van der Waals surface area contributed by atoms with E-state index in [1.165, 1.54) is 22.7 Å². The highest BCUT2D eigenvalue weighted by molar-refractivity contribution is 7.20. The number of carbonyl (C=O) groups excluding carboxylic acids is 2. The summed E-state index contributed by atoms with van der Waals surface area (Å²) in [5.41, 5.74) is 0.782. The number of nitrogens with zero attached hydrogens (tertiary/aromatic N) is 2. The zero-order chi connectivity index (χ0) is 18.1. The molecule has 9 heteroatoms. The molecule has 3 aromatic rings. The largest absolute Gasteiger partial charge is 0.467 e. The van der Waals surface area contributed by atoms with E-state index in [0.717, 1.165) is 10.6 Å². The third-order valence-electron chi connectivity index (χ3n) is 4.07. The second-order valence-electron chi connectivity index (χ2n) is 5.89. The SMILES string of the molecule is O=C(Nc1nc(-c2ccc(Cl)s2)cs1)C1CC(=O)N(Cc2ccco2)C1. The van der Waals surface area contributed by atoms with E-state index in [4.69, 9.17) is 16.0 Å². The van der Waals surface area contributed by atoms with Crippen LogP contribution >= 0.6 is 34.3 Å². The summed E-state index contributed by atoms with van der Waals surface area (Å²) in [6.45, 7) is 0.764. The lowest BCUT2D eigenvalue weighted by Crippen LogP contribution is -2.27. The number of nitrogens with one attached hydrogen (secondary N) is 1. The average Bonchev–Trinajstić information content (AvgIpc) is 3.37. The van der Waals surface area contributed by atoms with Crippen LogP contribution in [0.3, 0.4) is 0 Å². The molecule has 134 valence electrons. The Bertz CT molecular complexity index is 935. The van der Waals surface area contributed by atoms with Crippen molar-refractivity contribution >= 4 is 51.2 Å². The van der Waals surface area contributed by atoms with Crippen LogP contribution in [0.5, 0.6) is 0 Å². The summed E-state index contributed by atoms with van der Waals surface area (Å²) < 4.78 is 5.96. The molecule has 1 aliphatic rings. The minimum Gasteiger partial charge on any atom is -0.467 e. The van der Waals surface area contributed by atoms with Crippen LogP contribution in [0.15, 0.2) is 40.3 Å². The highest BCUT2D eigenvalue weighted by atomic mass is 35.5. The van der Waals surface area contributed by atoms with Crippen LogP contribution < -0.4 is 5.32 Å². The molecular weight excluding hydrogens is 394 g/mol. The molecule has 4 heterocycles. The second kappa shape index (κ2) is 7.22. The molecule has 0 spiro atoms. The molecular formula is C17H14ClN3O3S2. The Labute approximate surface area is 162 Å². The maximum atomic E-state index is 12.5. The van der Waals surface area contributed by atoms with Crippen LogP contribution in [-0.2, 0) is 16.1 Å². The molecule has 1 saturated heterocycles. The number of thiazole rings is 1. The molecule has 1 atom stereocenters. The van der Waals surface area contributed by atoms with Gasteiger partial charge >= 0.3 is 0 Å². The molecule has 0 bridgehead atoms. The molecule has 1 aliphatic heterocycles. The quantitative estimate of drug-likeness (QED) is 0.690. The van der Waals surface area contributed by atoms with E-state index in [1.54, 1.807) is 17.2 Å². The van der Waals surface area contributed by atoms with Crippen molar-refractivity contribution in [1.82, 2.24) is 9.88 Å². The lowest BCUT2D eigenvalue weighted by molar-refractivity contribution is -0.128. The Kier molecular flexibility index (Phi) is 4.80. The van der Waals surface area contributed by atoms with Gasteiger partial charge in [-0.15, -0.1) is 22.7 Å². The van der Waals surface area contributed by atoms with E-state index in [2.05, 4.69) is 10.3 Å². The fraction of sp³-hybridized carbons (Fsp3) is 0.235.